The molecule has 0 amide bonds. The van der Waals surface area contributed by atoms with Gasteiger partial charge in [-0.2, -0.15) is 0 Å². The molecule has 0 saturated heterocycles. The van der Waals surface area contributed by atoms with Crippen LogP contribution in [0.3, 0.4) is 0 Å². The fourth-order valence-electron chi connectivity index (χ4n) is 1.77. The van der Waals surface area contributed by atoms with Gasteiger partial charge in [-0.3, -0.25) is 4.98 Å². The lowest BCUT2D eigenvalue weighted by Crippen LogP contribution is -2.14. The molecule has 0 aliphatic rings. The third-order valence-corrected chi connectivity index (χ3v) is 2.43. The summed E-state index contributed by atoms with van der Waals surface area (Å²) in [5, 5.41) is 0. The number of aromatic nitrogens is 1. The molecule has 1 heterocycles. The van der Waals surface area contributed by atoms with Gasteiger partial charge in [-0.15, -0.1) is 0 Å². The first-order valence-corrected chi connectivity index (χ1v) is 5.39. The van der Waals surface area contributed by atoms with Crippen molar-refractivity contribution in [2.45, 2.75) is 19.3 Å². The molecule has 1 rings (SSSR count). The minimum atomic E-state index is 0. The quantitative estimate of drug-likeness (QED) is 0.561. The maximum Gasteiger partial charge on any atom is 0.0451 e. The molecule has 0 atom stereocenters. The summed E-state index contributed by atoms with van der Waals surface area (Å²) in [7, 11) is 0. The molecule has 0 aliphatic heterocycles. The number of pyridine rings is 1. The van der Waals surface area contributed by atoms with Gasteiger partial charge in [0.25, 0.3) is 0 Å². The number of rotatable bonds is 6. The summed E-state index contributed by atoms with van der Waals surface area (Å²) < 4.78 is 0. The number of hydrogen-bond donors (Lipinski definition) is 3. The lowest BCUT2D eigenvalue weighted by molar-refractivity contribution is 0.824. The Bertz CT molecular complexity index is 280. The molecule has 1 aromatic rings. The molecule has 0 aliphatic carbocycles. The summed E-state index contributed by atoms with van der Waals surface area (Å²) in [4.78, 5) is 4.35. The van der Waals surface area contributed by atoms with Crippen molar-refractivity contribution in [3.8, 4) is 0 Å². The fourth-order valence-corrected chi connectivity index (χ4v) is 1.77. The smallest absolute Gasteiger partial charge is 0.0451 e. The summed E-state index contributed by atoms with van der Waals surface area (Å²) in [5.41, 5.74) is 20.3. The van der Waals surface area contributed by atoms with Gasteiger partial charge in [0.2, 0.25) is 0 Å². The van der Waals surface area contributed by atoms with Gasteiger partial charge >= 0.3 is 0 Å². The van der Waals surface area contributed by atoms with E-state index in [1.807, 2.05) is 12.3 Å². The zero-order valence-corrected chi connectivity index (χ0v) is 9.58. The van der Waals surface area contributed by atoms with E-state index in [9.17, 15) is 0 Å². The van der Waals surface area contributed by atoms with Crippen LogP contribution in [-0.2, 0) is 19.3 Å². The third-order valence-electron chi connectivity index (χ3n) is 2.43. The normalized spacial score (nSPS) is 9.94. The topological polar surface area (TPSA) is 122 Å². The lowest BCUT2D eigenvalue weighted by atomic mass is 9.99. The Balaban J connectivity index is 0.00000225. The highest BCUT2D eigenvalue weighted by atomic mass is 16.0. The second-order valence-electron chi connectivity index (χ2n) is 3.51. The Hall–Kier alpha value is -1.01. The van der Waals surface area contributed by atoms with E-state index in [2.05, 4.69) is 4.98 Å². The van der Waals surface area contributed by atoms with Crippen LogP contribution >= 0.6 is 0 Å². The van der Waals surface area contributed by atoms with Crippen LogP contribution in [0.15, 0.2) is 12.3 Å². The highest BCUT2D eigenvalue weighted by Gasteiger charge is 2.07. The van der Waals surface area contributed by atoms with Crippen molar-refractivity contribution in [3.05, 3.63) is 29.1 Å². The molecule has 0 radical (unpaired) electrons. The van der Waals surface area contributed by atoms with Gasteiger partial charge in [0.05, 0.1) is 0 Å². The Morgan fingerprint density at radius 1 is 0.938 bits per heavy atom. The monoisotopic (exact) mass is 226 g/mol. The van der Waals surface area contributed by atoms with Crippen LogP contribution in [0, 0.1) is 0 Å². The second kappa shape index (κ2) is 8.18. The zero-order chi connectivity index (χ0) is 11.1. The Kier molecular flexibility index (Phi) is 7.66. The Labute approximate surface area is 96.3 Å². The largest absolute Gasteiger partial charge is 0.412 e. The van der Waals surface area contributed by atoms with E-state index in [-0.39, 0.29) is 5.48 Å². The van der Waals surface area contributed by atoms with Crippen molar-refractivity contribution in [1.29, 1.82) is 0 Å². The minimum Gasteiger partial charge on any atom is -0.412 e. The van der Waals surface area contributed by atoms with E-state index in [1.54, 1.807) is 0 Å². The van der Waals surface area contributed by atoms with Gasteiger partial charge in [-0.05, 0) is 49.7 Å². The first-order valence-electron chi connectivity index (χ1n) is 5.39. The molecule has 0 saturated carbocycles. The van der Waals surface area contributed by atoms with Crippen LogP contribution in [0.4, 0.5) is 0 Å². The predicted molar refractivity (Wildman–Crippen MR) is 66.1 cm³/mol. The molecule has 0 bridgehead atoms. The molecule has 0 unspecified atom stereocenters. The Morgan fingerprint density at radius 2 is 1.56 bits per heavy atom. The summed E-state index contributed by atoms with van der Waals surface area (Å²) in [6.45, 7) is 1.92. The van der Waals surface area contributed by atoms with Crippen LogP contribution in [-0.4, -0.2) is 30.1 Å². The second-order valence-corrected chi connectivity index (χ2v) is 3.51. The van der Waals surface area contributed by atoms with Crippen LogP contribution in [0.1, 0.15) is 16.8 Å². The average molecular weight is 226 g/mol. The van der Waals surface area contributed by atoms with Crippen molar-refractivity contribution in [1.82, 2.24) is 4.98 Å². The summed E-state index contributed by atoms with van der Waals surface area (Å²) in [6.07, 6.45) is 4.39. The SMILES string of the molecule is NCCc1ccnc(CCN)c1CCN.O. The van der Waals surface area contributed by atoms with Gasteiger partial charge in [-0.1, -0.05) is 0 Å². The van der Waals surface area contributed by atoms with Crippen molar-refractivity contribution in [2.75, 3.05) is 19.6 Å². The zero-order valence-electron chi connectivity index (χ0n) is 9.58. The summed E-state index contributed by atoms with van der Waals surface area (Å²) >= 11 is 0. The third kappa shape index (κ3) is 3.86. The van der Waals surface area contributed by atoms with E-state index in [1.165, 1.54) is 11.1 Å². The number of nitrogens with zero attached hydrogens (tertiary/aromatic N) is 1. The Morgan fingerprint density at radius 3 is 2.12 bits per heavy atom. The molecule has 0 fully saturated rings. The van der Waals surface area contributed by atoms with Gasteiger partial charge in [0.1, 0.15) is 0 Å². The molecule has 1 aromatic heterocycles. The first kappa shape index (κ1) is 15.0. The maximum absolute atomic E-state index is 5.60. The number of hydrogen-bond acceptors (Lipinski definition) is 4. The van der Waals surface area contributed by atoms with Crippen LogP contribution < -0.4 is 17.2 Å². The van der Waals surface area contributed by atoms with E-state index in [4.69, 9.17) is 17.2 Å². The molecule has 0 aromatic carbocycles. The van der Waals surface area contributed by atoms with Crippen LogP contribution in [0.25, 0.3) is 0 Å². The number of nitrogens with two attached hydrogens (primary N) is 3. The average Bonchev–Trinajstić information content (AvgIpc) is 2.23. The summed E-state index contributed by atoms with van der Waals surface area (Å²) in [5.74, 6) is 0. The highest BCUT2D eigenvalue weighted by Crippen LogP contribution is 2.14. The lowest BCUT2D eigenvalue weighted by Gasteiger charge is -2.12. The van der Waals surface area contributed by atoms with Crippen molar-refractivity contribution >= 4 is 0 Å². The standard InChI is InChI=1S/C11H20N4.H2O/c12-5-1-9-4-8-15-11(3-7-14)10(9)2-6-13;/h4,8H,1-3,5-7,12-14H2;1H2. The fraction of sp³-hybridized carbons (Fsp3) is 0.545. The van der Waals surface area contributed by atoms with Crippen molar-refractivity contribution < 1.29 is 5.48 Å². The molecule has 92 valence electrons. The minimum absolute atomic E-state index is 0. The maximum atomic E-state index is 5.60. The first-order chi connectivity index (χ1) is 7.33. The van der Waals surface area contributed by atoms with Crippen molar-refractivity contribution in [2.24, 2.45) is 17.2 Å². The highest BCUT2D eigenvalue weighted by molar-refractivity contribution is 5.31. The molecular weight excluding hydrogens is 204 g/mol. The summed E-state index contributed by atoms with van der Waals surface area (Å²) in [6, 6.07) is 2.03. The van der Waals surface area contributed by atoms with Crippen LogP contribution in [0.5, 0.6) is 0 Å². The van der Waals surface area contributed by atoms with Gasteiger partial charge in [-0.25, -0.2) is 0 Å². The molecule has 16 heavy (non-hydrogen) atoms. The van der Waals surface area contributed by atoms with E-state index < -0.39 is 0 Å². The molecule has 5 heteroatoms. The molecule has 5 nitrogen and oxygen atoms in total. The van der Waals surface area contributed by atoms with Crippen LogP contribution in [0.2, 0.25) is 0 Å². The van der Waals surface area contributed by atoms with E-state index in [0.717, 1.165) is 25.0 Å². The van der Waals surface area contributed by atoms with Crippen molar-refractivity contribution in [3.63, 3.8) is 0 Å². The van der Waals surface area contributed by atoms with Gasteiger partial charge in [0.15, 0.2) is 0 Å². The van der Waals surface area contributed by atoms with Gasteiger partial charge in [0, 0.05) is 18.3 Å². The molecule has 0 spiro atoms. The molecular formula is C11H22N4O. The van der Waals surface area contributed by atoms with E-state index in [0.29, 0.717) is 19.6 Å². The van der Waals surface area contributed by atoms with Gasteiger partial charge < -0.3 is 22.7 Å². The predicted octanol–water partition coefficient (Wildman–Crippen LogP) is -1.24. The molecule has 8 N–H and O–H groups in total. The van der Waals surface area contributed by atoms with E-state index >= 15 is 0 Å².